The van der Waals surface area contributed by atoms with Crippen molar-refractivity contribution in [1.82, 2.24) is 0 Å². The van der Waals surface area contributed by atoms with Crippen LogP contribution < -0.4 is 5.46 Å². The van der Waals surface area contributed by atoms with Crippen LogP contribution in [-0.2, 0) is 15.1 Å². The summed E-state index contributed by atoms with van der Waals surface area (Å²) >= 11 is 1.96. The molecule has 1 aliphatic rings. The zero-order chi connectivity index (χ0) is 15.9. The van der Waals surface area contributed by atoms with E-state index in [1.54, 1.807) is 0 Å². The van der Waals surface area contributed by atoms with Crippen LogP contribution in [0, 0.1) is 0 Å². The summed E-state index contributed by atoms with van der Waals surface area (Å²) in [4.78, 5) is 0. The van der Waals surface area contributed by atoms with E-state index in [1.165, 1.54) is 5.56 Å². The molecule has 0 aromatic heterocycles. The fourth-order valence-corrected chi connectivity index (χ4v) is 2.89. The summed E-state index contributed by atoms with van der Waals surface area (Å²) in [5.74, 6) is 1.01. The van der Waals surface area contributed by atoms with Crippen molar-refractivity contribution in [3.8, 4) is 0 Å². The van der Waals surface area contributed by atoms with Gasteiger partial charge in [-0.3, -0.25) is 0 Å². The fourth-order valence-electron chi connectivity index (χ4n) is 2.11. The second-order valence-electron chi connectivity index (χ2n) is 7.73. The minimum Gasteiger partial charge on any atom is -0.399 e. The first-order chi connectivity index (χ1) is 9.50. The highest BCUT2D eigenvalue weighted by Gasteiger charge is 2.51. The van der Waals surface area contributed by atoms with E-state index in [0.29, 0.717) is 0 Å². The van der Waals surface area contributed by atoms with Crippen molar-refractivity contribution in [2.75, 3.05) is 0 Å². The first kappa shape index (κ1) is 16.9. The molecule has 1 heterocycles. The van der Waals surface area contributed by atoms with E-state index in [-0.39, 0.29) is 23.1 Å². The Kier molecular flexibility index (Phi) is 4.54. The monoisotopic (exact) mass is 306 g/mol. The van der Waals surface area contributed by atoms with Gasteiger partial charge in [-0.1, -0.05) is 45.0 Å². The van der Waals surface area contributed by atoms with Crippen molar-refractivity contribution in [2.24, 2.45) is 0 Å². The molecule has 1 aliphatic heterocycles. The molecule has 0 radical (unpaired) electrons. The van der Waals surface area contributed by atoms with E-state index >= 15 is 0 Å². The van der Waals surface area contributed by atoms with Gasteiger partial charge in [0, 0.05) is 10.5 Å². The molecular weight excluding hydrogens is 279 g/mol. The Morgan fingerprint density at radius 2 is 1.62 bits per heavy atom. The molecule has 0 saturated carbocycles. The van der Waals surface area contributed by atoms with Crippen LogP contribution in [-0.4, -0.2) is 23.1 Å². The maximum Gasteiger partial charge on any atom is 0.494 e. The molecule has 1 fully saturated rings. The van der Waals surface area contributed by atoms with Crippen LogP contribution >= 0.6 is 11.8 Å². The van der Waals surface area contributed by atoms with E-state index in [1.807, 2.05) is 11.8 Å². The zero-order valence-electron chi connectivity index (χ0n) is 14.3. The average molecular weight is 306 g/mol. The predicted octanol–water partition coefficient (Wildman–Crippen LogP) is 4.02. The first-order valence-electron chi connectivity index (χ1n) is 7.59. The number of benzene rings is 1. The molecule has 0 N–H and O–H groups in total. The Morgan fingerprint density at radius 3 is 2.14 bits per heavy atom. The van der Waals surface area contributed by atoms with Gasteiger partial charge in [0.25, 0.3) is 0 Å². The lowest BCUT2D eigenvalue weighted by molar-refractivity contribution is 0.00578. The van der Waals surface area contributed by atoms with Gasteiger partial charge in [-0.2, -0.15) is 11.8 Å². The van der Waals surface area contributed by atoms with Gasteiger partial charge in [0.1, 0.15) is 0 Å². The van der Waals surface area contributed by atoms with E-state index in [9.17, 15) is 0 Å². The maximum atomic E-state index is 6.12. The summed E-state index contributed by atoms with van der Waals surface area (Å²) < 4.78 is 12.5. The van der Waals surface area contributed by atoms with E-state index in [4.69, 9.17) is 9.31 Å². The summed E-state index contributed by atoms with van der Waals surface area (Å²) in [7, 11) is -0.269. The molecule has 4 heteroatoms. The fraction of sp³-hybridized carbons (Fsp3) is 0.647. The Morgan fingerprint density at radius 1 is 1.05 bits per heavy atom. The van der Waals surface area contributed by atoms with E-state index < -0.39 is 0 Å². The van der Waals surface area contributed by atoms with Gasteiger partial charge in [0.05, 0.1) is 11.2 Å². The van der Waals surface area contributed by atoms with Crippen LogP contribution in [0.3, 0.4) is 0 Å². The molecule has 21 heavy (non-hydrogen) atoms. The number of hydrogen-bond donors (Lipinski definition) is 0. The topological polar surface area (TPSA) is 18.5 Å². The Bertz CT molecular complexity index is 490. The van der Waals surface area contributed by atoms with Gasteiger partial charge in [-0.15, -0.1) is 0 Å². The van der Waals surface area contributed by atoms with Crippen molar-refractivity contribution in [2.45, 2.75) is 70.2 Å². The summed E-state index contributed by atoms with van der Waals surface area (Å²) in [6.07, 6.45) is 0. The summed E-state index contributed by atoms with van der Waals surface area (Å²) in [5, 5.41) is 0. The molecular formula is C17H27BO2S. The first-order valence-corrected chi connectivity index (χ1v) is 8.57. The molecule has 1 saturated heterocycles. The van der Waals surface area contributed by atoms with E-state index in [0.717, 1.165) is 11.2 Å². The van der Waals surface area contributed by atoms with Crippen LogP contribution in [0.2, 0.25) is 0 Å². The van der Waals surface area contributed by atoms with Gasteiger partial charge < -0.3 is 9.31 Å². The molecule has 0 amide bonds. The normalized spacial score (nSPS) is 20.8. The van der Waals surface area contributed by atoms with Crippen LogP contribution in [0.4, 0.5) is 0 Å². The molecule has 0 bridgehead atoms. The van der Waals surface area contributed by atoms with Gasteiger partial charge in [0.15, 0.2) is 0 Å². The number of rotatable bonds is 3. The van der Waals surface area contributed by atoms with Crippen molar-refractivity contribution < 1.29 is 9.31 Å². The summed E-state index contributed by atoms with van der Waals surface area (Å²) in [6.45, 7) is 15.1. The zero-order valence-corrected chi connectivity index (χ0v) is 15.1. The largest absolute Gasteiger partial charge is 0.494 e. The SMILES string of the molecule is CC(C)(C)SCc1cccc(B2OC(C)(C)C(C)(C)O2)c1. The highest BCUT2D eigenvalue weighted by molar-refractivity contribution is 7.99. The number of hydrogen-bond acceptors (Lipinski definition) is 3. The Balaban J connectivity index is 2.12. The second-order valence-corrected chi connectivity index (χ2v) is 9.54. The van der Waals surface area contributed by atoms with Crippen LogP contribution in [0.15, 0.2) is 24.3 Å². The standard InChI is InChI=1S/C17H27BO2S/c1-15(2,3)21-12-13-9-8-10-14(11-13)18-19-16(4,5)17(6,7)20-18/h8-11H,12H2,1-7H3. The van der Waals surface area contributed by atoms with Gasteiger partial charge in [0.2, 0.25) is 0 Å². The molecule has 0 unspecified atom stereocenters. The van der Waals surface area contributed by atoms with Crippen LogP contribution in [0.5, 0.6) is 0 Å². The molecule has 1 aromatic rings. The smallest absolute Gasteiger partial charge is 0.399 e. The number of thioether (sulfide) groups is 1. The third-order valence-corrected chi connectivity index (χ3v) is 5.49. The maximum absolute atomic E-state index is 6.12. The minimum atomic E-state index is -0.284. The Hall–Kier alpha value is -0.445. The van der Waals surface area contributed by atoms with Crippen molar-refractivity contribution >= 4 is 24.3 Å². The lowest BCUT2D eigenvalue weighted by Crippen LogP contribution is -2.41. The Labute approximate surface area is 134 Å². The predicted molar refractivity (Wildman–Crippen MR) is 93.2 cm³/mol. The average Bonchev–Trinajstić information content (AvgIpc) is 2.56. The van der Waals surface area contributed by atoms with Crippen LogP contribution in [0.25, 0.3) is 0 Å². The molecule has 2 nitrogen and oxygen atoms in total. The lowest BCUT2D eigenvalue weighted by atomic mass is 9.78. The van der Waals surface area contributed by atoms with Crippen molar-refractivity contribution in [1.29, 1.82) is 0 Å². The van der Waals surface area contributed by atoms with Gasteiger partial charge in [-0.25, -0.2) is 0 Å². The summed E-state index contributed by atoms with van der Waals surface area (Å²) in [5.41, 5.74) is 1.87. The molecule has 0 atom stereocenters. The molecule has 116 valence electrons. The molecule has 1 aromatic carbocycles. The van der Waals surface area contributed by atoms with Crippen molar-refractivity contribution in [3.63, 3.8) is 0 Å². The molecule has 0 spiro atoms. The third kappa shape index (κ3) is 4.05. The lowest BCUT2D eigenvalue weighted by Gasteiger charge is -2.32. The van der Waals surface area contributed by atoms with Gasteiger partial charge >= 0.3 is 7.12 Å². The summed E-state index contributed by atoms with van der Waals surface area (Å²) in [6, 6.07) is 8.57. The second kappa shape index (κ2) is 5.64. The third-order valence-electron chi connectivity index (χ3n) is 4.15. The molecule has 0 aliphatic carbocycles. The quantitative estimate of drug-likeness (QED) is 0.786. The molecule has 2 rings (SSSR count). The van der Waals surface area contributed by atoms with Gasteiger partial charge in [-0.05, 0) is 38.7 Å². The van der Waals surface area contributed by atoms with Crippen LogP contribution in [0.1, 0.15) is 54.0 Å². The van der Waals surface area contributed by atoms with E-state index in [2.05, 4.69) is 72.7 Å². The minimum absolute atomic E-state index is 0.269. The van der Waals surface area contributed by atoms with Crippen molar-refractivity contribution in [3.05, 3.63) is 29.8 Å². The highest BCUT2D eigenvalue weighted by atomic mass is 32.2. The highest BCUT2D eigenvalue weighted by Crippen LogP contribution is 2.36.